The van der Waals surface area contributed by atoms with E-state index in [1.807, 2.05) is 24.0 Å². The van der Waals surface area contributed by atoms with Gasteiger partial charge in [0, 0.05) is 32.7 Å². The van der Waals surface area contributed by atoms with Crippen LogP contribution in [0.15, 0.2) is 48.5 Å². The van der Waals surface area contributed by atoms with Crippen molar-refractivity contribution >= 4 is 5.91 Å². The monoisotopic (exact) mass is 379 g/mol. The van der Waals surface area contributed by atoms with Crippen LogP contribution in [0.3, 0.4) is 0 Å². The van der Waals surface area contributed by atoms with Gasteiger partial charge in [0.15, 0.2) is 6.61 Å². The summed E-state index contributed by atoms with van der Waals surface area (Å²) in [4.78, 5) is 16.6. The van der Waals surface area contributed by atoms with E-state index in [4.69, 9.17) is 14.7 Å². The molecule has 0 aliphatic carbocycles. The highest BCUT2D eigenvalue weighted by Crippen LogP contribution is 2.17. The molecule has 2 aromatic carbocycles. The molecule has 0 aromatic heterocycles. The van der Waals surface area contributed by atoms with Crippen molar-refractivity contribution in [3.8, 4) is 17.6 Å². The Balaban J connectivity index is 1.44. The van der Waals surface area contributed by atoms with Crippen molar-refractivity contribution in [1.29, 1.82) is 5.26 Å². The SMILES string of the molecule is CCOc1ccc(CN2CCN(C(=O)COc3ccccc3C#N)CC2)cc1. The van der Waals surface area contributed by atoms with E-state index in [0.29, 0.717) is 31.0 Å². The van der Waals surface area contributed by atoms with E-state index < -0.39 is 0 Å². The zero-order chi connectivity index (χ0) is 19.8. The minimum absolute atomic E-state index is 0.0441. The number of carbonyl (C=O) groups excluding carboxylic acids is 1. The largest absolute Gasteiger partial charge is 0.494 e. The zero-order valence-electron chi connectivity index (χ0n) is 16.1. The second-order valence-corrected chi connectivity index (χ2v) is 6.63. The minimum Gasteiger partial charge on any atom is -0.494 e. The van der Waals surface area contributed by atoms with E-state index in [1.165, 1.54) is 5.56 Å². The lowest BCUT2D eigenvalue weighted by Crippen LogP contribution is -2.49. The molecule has 3 rings (SSSR count). The highest BCUT2D eigenvalue weighted by Gasteiger charge is 2.21. The Morgan fingerprint density at radius 3 is 2.43 bits per heavy atom. The summed E-state index contributed by atoms with van der Waals surface area (Å²) in [5.74, 6) is 1.29. The van der Waals surface area contributed by atoms with Crippen molar-refractivity contribution < 1.29 is 14.3 Å². The van der Waals surface area contributed by atoms with Gasteiger partial charge < -0.3 is 14.4 Å². The first-order valence-electron chi connectivity index (χ1n) is 9.53. The van der Waals surface area contributed by atoms with Crippen LogP contribution >= 0.6 is 0 Å². The van der Waals surface area contributed by atoms with Gasteiger partial charge in [0.05, 0.1) is 12.2 Å². The summed E-state index contributed by atoms with van der Waals surface area (Å²) in [7, 11) is 0. The number of carbonyl (C=O) groups is 1. The number of benzene rings is 2. The van der Waals surface area contributed by atoms with Gasteiger partial charge in [-0.2, -0.15) is 5.26 Å². The van der Waals surface area contributed by atoms with Crippen LogP contribution in [-0.2, 0) is 11.3 Å². The number of piperazine rings is 1. The Hall–Kier alpha value is -3.04. The molecule has 1 aliphatic rings. The number of amides is 1. The summed E-state index contributed by atoms with van der Waals surface area (Å²) < 4.78 is 11.0. The molecule has 1 aliphatic heterocycles. The van der Waals surface area contributed by atoms with Gasteiger partial charge in [-0.1, -0.05) is 24.3 Å². The van der Waals surface area contributed by atoms with Gasteiger partial charge in [-0.25, -0.2) is 0 Å². The second kappa shape index (κ2) is 9.77. The molecule has 6 heteroatoms. The fourth-order valence-corrected chi connectivity index (χ4v) is 3.19. The Bertz CT molecular complexity index is 822. The predicted molar refractivity (Wildman–Crippen MR) is 106 cm³/mol. The number of ether oxygens (including phenoxy) is 2. The molecule has 0 spiro atoms. The standard InChI is InChI=1S/C22H25N3O3/c1-2-27-20-9-7-18(8-10-20)16-24-11-13-25(14-12-24)22(26)17-28-21-6-4-3-5-19(21)15-23/h3-10H,2,11-14,16-17H2,1H3. The molecule has 0 bridgehead atoms. The molecule has 146 valence electrons. The van der Waals surface area contributed by atoms with Gasteiger partial charge in [-0.05, 0) is 36.8 Å². The van der Waals surface area contributed by atoms with Crippen molar-refractivity contribution in [1.82, 2.24) is 9.80 Å². The normalized spacial score (nSPS) is 14.4. The Kier molecular flexibility index (Phi) is 6.88. The van der Waals surface area contributed by atoms with Gasteiger partial charge >= 0.3 is 0 Å². The maximum Gasteiger partial charge on any atom is 0.260 e. The van der Waals surface area contributed by atoms with Gasteiger partial charge in [0.2, 0.25) is 0 Å². The molecule has 6 nitrogen and oxygen atoms in total. The Morgan fingerprint density at radius 2 is 1.75 bits per heavy atom. The first-order chi connectivity index (χ1) is 13.7. The van der Waals surface area contributed by atoms with Gasteiger partial charge in [0.25, 0.3) is 5.91 Å². The van der Waals surface area contributed by atoms with E-state index in [0.717, 1.165) is 25.4 Å². The number of nitriles is 1. The van der Waals surface area contributed by atoms with Crippen molar-refractivity contribution in [2.75, 3.05) is 39.4 Å². The number of hydrogen-bond acceptors (Lipinski definition) is 5. The lowest BCUT2D eigenvalue weighted by molar-refractivity contribution is -0.135. The van der Waals surface area contributed by atoms with E-state index in [2.05, 4.69) is 23.1 Å². The smallest absolute Gasteiger partial charge is 0.260 e. The van der Waals surface area contributed by atoms with E-state index >= 15 is 0 Å². The van der Waals surface area contributed by atoms with Crippen LogP contribution in [-0.4, -0.2) is 55.1 Å². The van der Waals surface area contributed by atoms with Gasteiger partial charge in [-0.3, -0.25) is 9.69 Å². The van der Waals surface area contributed by atoms with Crippen LogP contribution in [0.4, 0.5) is 0 Å². The molecule has 0 N–H and O–H groups in total. The molecule has 1 fully saturated rings. The second-order valence-electron chi connectivity index (χ2n) is 6.63. The molecule has 2 aromatic rings. The third-order valence-corrected chi connectivity index (χ3v) is 4.72. The summed E-state index contributed by atoms with van der Waals surface area (Å²) in [6.45, 7) is 6.47. The van der Waals surface area contributed by atoms with Crippen LogP contribution < -0.4 is 9.47 Å². The molecule has 1 amide bonds. The van der Waals surface area contributed by atoms with Crippen LogP contribution in [0.5, 0.6) is 11.5 Å². The first-order valence-corrected chi connectivity index (χ1v) is 9.53. The van der Waals surface area contributed by atoms with E-state index in [1.54, 1.807) is 24.3 Å². The number of nitrogens with zero attached hydrogens (tertiary/aromatic N) is 3. The lowest BCUT2D eigenvalue weighted by Gasteiger charge is -2.34. The molecule has 0 radical (unpaired) electrons. The Morgan fingerprint density at radius 1 is 1.04 bits per heavy atom. The lowest BCUT2D eigenvalue weighted by atomic mass is 10.2. The average Bonchev–Trinajstić information content (AvgIpc) is 2.74. The summed E-state index contributed by atoms with van der Waals surface area (Å²) in [6.07, 6.45) is 0. The van der Waals surface area contributed by atoms with Crippen LogP contribution in [0.2, 0.25) is 0 Å². The summed E-state index contributed by atoms with van der Waals surface area (Å²) >= 11 is 0. The van der Waals surface area contributed by atoms with E-state index in [9.17, 15) is 4.79 Å². The minimum atomic E-state index is -0.0477. The van der Waals surface area contributed by atoms with Crippen molar-refractivity contribution in [2.24, 2.45) is 0 Å². The predicted octanol–water partition coefficient (Wildman–Crippen LogP) is 2.68. The van der Waals surface area contributed by atoms with Crippen molar-refractivity contribution in [3.05, 3.63) is 59.7 Å². The van der Waals surface area contributed by atoms with Crippen LogP contribution in [0.25, 0.3) is 0 Å². The Labute approximate surface area is 165 Å². The average molecular weight is 379 g/mol. The third-order valence-electron chi connectivity index (χ3n) is 4.72. The molecule has 0 unspecified atom stereocenters. The van der Waals surface area contributed by atoms with E-state index in [-0.39, 0.29) is 12.5 Å². The maximum atomic E-state index is 12.4. The fraction of sp³-hybridized carbons (Fsp3) is 0.364. The molecule has 0 atom stereocenters. The zero-order valence-corrected chi connectivity index (χ0v) is 16.1. The quantitative estimate of drug-likeness (QED) is 0.740. The van der Waals surface area contributed by atoms with Gasteiger partial charge in [-0.15, -0.1) is 0 Å². The number of rotatable bonds is 7. The summed E-state index contributed by atoms with van der Waals surface area (Å²) in [5.41, 5.74) is 1.68. The van der Waals surface area contributed by atoms with Crippen molar-refractivity contribution in [3.63, 3.8) is 0 Å². The molecule has 28 heavy (non-hydrogen) atoms. The first kappa shape index (κ1) is 19.7. The molecular formula is C22H25N3O3. The summed E-state index contributed by atoms with van der Waals surface area (Å²) in [5, 5.41) is 9.09. The van der Waals surface area contributed by atoms with Crippen molar-refractivity contribution in [2.45, 2.75) is 13.5 Å². The summed E-state index contributed by atoms with van der Waals surface area (Å²) in [6, 6.07) is 17.2. The van der Waals surface area contributed by atoms with Crippen LogP contribution in [0.1, 0.15) is 18.1 Å². The molecular weight excluding hydrogens is 354 g/mol. The van der Waals surface area contributed by atoms with Crippen LogP contribution in [0, 0.1) is 11.3 Å². The highest BCUT2D eigenvalue weighted by atomic mass is 16.5. The molecule has 1 heterocycles. The highest BCUT2D eigenvalue weighted by molar-refractivity contribution is 5.78. The third kappa shape index (κ3) is 5.24. The fourth-order valence-electron chi connectivity index (χ4n) is 3.19. The number of para-hydroxylation sites is 1. The van der Waals surface area contributed by atoms with Gasteiger partial charge in [0.1, 0.15) is 17.6 Å². The topological polar surface area (TPSA) is 65.8 Å². The molecule has 0 saturated carbocycles. The number of hydrogen-bond donors (Lipinski definition) is 0. The maximum absolute atomic E-state index is 12.4. The molecule has 1 saturated heterocycles.